The molecule has 15 heavy (non-hydrogen) atoms. The molecule has 0 aliphatic heterocycles. The zero-order valence-electron chi connectivity index (χ0n) is 10.6. The van der Waals surface area contributed by atoms with Crippen LogP contribution in [0.3, 0.4) is 0 Å². The van der Waals surface area contributed by atoms with Gasteiger partial charge in [-0.15, -0.1) is 0 Å². The van der Waals surface area contributed by atoms with Crippen molar-refractivity contribution in [2.75, 3.05) is 11.9 Å². The maximum atomic E-state index is 3.27. The molecule has 1 heteroatoms. The fraction of sp³-hybridized carbons (Fsp3) is 0.429. The molecule has 1 nitrogen and oxygen atoms in total. The Morgan fingerprint density at radius 2 is 1.67 bits per heavy atom. The summed E-state index contributed by atoms with van der Waals surface area (Å²) in [4.78, 5) is 0. The van der Waals surface area contributed by atoms with Gasteiger partial charge in [-0.25, -0.2) is 0 Å². The highest BCUT2D eigenvalue weighted by Gasteiger charge is 1.89. The summed E-state index contributed by atoms with van der Waals surface area (Å²) in [5.74, 6) is 0. The minimum atomic E-state index is 0.974. The van der Waals surface area contributed by atoms with Crippen LogP contribution in [0.4, 0.5) is 5.69 Å². The van der Waals surface area contributed by atoms with Crippen molar-refractivity contribution in [2.45, 2.75) is 34.6 Å². The van der Waals surface area contributed by atoms with Gasteiger partial charge in [-0.05, 0) is 38.5 Å². The summed E-state index contributed by atoms with van der Waals surface area (Å²) in [7, 11) is 0. The van der Waals surface area contributed by atoms with E-state index in [1.807, 2.05) is 13.8 Å². The lowest BCUT2D eigenvalue weighted by molar-refractivity contribution is 1.21. The predicted molar refractivity (Wildman–Crippen MR) is 71.3 cm³/mol. The molecule has 0 fully saturated rings. The minimum absolute atomic E-state index is 0.974. The molecule has 0 aliphatic rings. The van der Waals surface area contributed by atoms with Gasteiger partial charge in [0.2, 0.25) is 0 Å². The number of benzene rings is 1. The van der Waals surface area contributed by atoms with Crippen LogP contribution in [0, 0.1) is 0 Å². The molecular formula is C14H23N. The van der Waals surface area contributed by atoms with Crippen molar-refractivity contribution < 1.29 is 0 Å². The van der Waals surface area contributed by atoms with Crippen molar-refractivity contribution in [3.8, 4) is 0 Å². The van der Waals surface area contributed by atoms with Crippen molar-refractivity contribution in [3.05, 3.63) is 35.4 Å². The molecule has 1 rings (SSSR count). The number of nitrogens with one attached hydrogen (secondary N) is 1. The first-order chi connectivity index (χ1) is 7.22. The van der Waals surface area contributed by atoms with Crippen LogP contribution in [-0.2, 0) is 0 Å². The first-order valence-corrected chi connectivity index (χ1v) is 5.71. The number of allylic oxidation sites excluding steroid dienone is 1. The second-order valence-electron chi connectivity index (χ2n) is 3.37. The quantitative estimate of drug-likeness (QED) is 0.762. The Bertz CT molecular complexity index is 279. The van der Waals surface area contributed by atoms with Gasteiger partial charge in [0.1, 0.15) is 0 Å². The predicted octanol–water partition coefficient (Wildman–Crippen LogP) is 4.57. The van der Waals surface area contributed by atoms with Crippen molar-refractivity contribution >= 4 is 11.8 Å². The Morgan fingerprint density at radius 1 is 1.13 bits per heavy atom. The molecule has 0 unspecified atom stereocenters. The smallest absolute Gasteiger partial charge is 0.0340 e. The molecule has 0 aromatic heterocycles. The fourth-order valence-electron chi connectivity index (χ4n) is 1.23. The fourth-order valence-corrected chi connectivity index (χ4v) is 1.23. The third kappa shape index (κ3) is 5.95. The number of anilines is 1. The molecule has 0 heterocycles. The summed E-state index contributed by atoms with van der Waals surface area (Å²) in [5.41, 5.74) is 3.78. The van der Waals surface area contributed by atoms with Gasteiger partial charge in [0.05, 0.1) is 0 Å². The molecule has 0 saturated heterocycles. The van der Waals surface area contributed by atoms with Crippen molar-refractivity contribution in [2.24, 2.45) is 0 Å². The molecule has 0 bridgehead atoms. The normalized spacial score (nSPS) is 8.60. The zero-order valence-corrected chi connectivity index (χ0v) is 10.6. The Kier molecular flexibility index (Phi) is 7.43. The van der Waals surface area contributed by atoms with Crippen molar-refractivity contribution in [1.29, 1.82) is 0 Å². The molecule has 0 saturated carbocycles. The summed E-state index contributed by atoms with van der Waals surface area (Å²) >= 11 is 0. The summed E-state index contributed by atoms with van der Waals surface area (Å²) < 4.78 is 0. The van der Waals surface area contributed by atoms with Crippen LogP contribution in [0.2, 0.25) is 0 Å². The maximum absolute atomic E-state index is 3.27. The van der Waals surface area contributed by atoms with E-state index in [9.17, 15) is 0 Å². The highest BCUT2D eigenvalue weighted by atomic mass is 14.8. The molecule has 0 atom stereocenters. The zero-order chi connectivity index (χ0) is 11.7. The average Bonchev–Trinajstić information content (AvgIpc) is 2.24. The largest absolute Gasteiger partial charge is 0.385 e. The minimum Gasteiger partial charge on any atom is -0.385 e. The van der Waals surface area contributed by atoms with Gasteiger partial charge in [-0.3, -0.25) is 0 Å². The maximum Gasteiger partial charge on any atom is 0.0340 e. The second kappa shape index (κ2) is 8.10. The first kappa shape index (κ1) is 13.8. The van der Waals surface area contributed by atoms with E-state index in [1.165, 1.54) is 16.8 Å². The van der Waals surface area contributed by atoms with Crippen LogP contribution in [0.25, 0.3) is 6.08 Å². The third-order valence-corrected chi connectivity index (χ3v) is 1.75. The highest BCUT2D eigenvalue weighted by molar-refractivity contribution is 5.56. The molecule has 84 valence electrons. The number of hydrogen-bond acceptors (Lipinski definition) is 1. The van der Waals surface area contributed by atoms with Gasteiger partial charge in [0.15, 0.2) is 0 Å². The van der Waals surface area contributed by atoms with Gasteiger partial charge >= 0.3 is 0 Å². The Hall–Kier alpha value is -1.24. The molecule has 0 spiro atoms. The first-order valence-electron chi connectivity index (χ1n) is 5.71. The van der Waals surface area contributed by atoms with E-state index < -0.39 is 0 Å². The highest BCUT2D eigenvalue weighted by Crippen LogP contribution is 2.11. The summed E-state index contributed by atoms with van der Waals surface area (Å²) in [6, 6.07) is 8.48. The molecule has 0 radical (unpaired) electrons. The summed E-state index contributed by atoms with van der Waals surface area (Å²) in [6.07, 6.45) is 2.18. The van der Waals surface area contributed by atoms with Gasteiger partial charge in [-0.1, -0.05) is 37.6 Å². The van der Waals surface area contributed by atoms with E-state index in [0.29, 0.717) is 0 Å². The third-order valence-electron chi connectivity index (χ3n) is 1.75. The molecular weight excluding hydrogens is 182 g/mol. The summed E-state index contributed by atoms with van der Waals surface area (Å²) in [5, 5.41) is 3.27. The number of rotatable bonds is 3. The standard InChI is InChI=1S/C12H17N.C2H6/c1-4-13-12-7-5-11(6-8-12)9-10(2)3;1-2/h5-9,13H,4H2,1-3H3;1-2H3. The van der Waals surface area contributed by atoms with E-state index in [2.05, 4.69) is 56.4 Å². The lowest BCUT2D eigenvalue weighted by Gasteiger charge is -2.02. The monoisotopic (exact) mass is 205 g/mol. The van der Waals surface area contributed by atoms with E-state index >= 15 is 0 Å². The average molecular weight is 205 g/mol. The summed E-state index contributed by atoms with van der Waals surface area (Å²) in [6.45, 7) is 11.3. The van der Waals surface area contributed by atoms with Crippen LogP contribution in [0.1, 0.15) is 40.2 Å². The van der Waals surface area contributed by atoms with E-state index in [1.54, 1.807) is 0 Å². The van der Waals surface area contributed by atoms with Crippen molar-refractivity contribution in [3.63, 3.8) is 0 Å². The van der Waals surface area contributed by atoms with Crippen LogP contribution >= 0.6 is 0 Å². The molecule has 0 amide bonds. The van der Waals surface area contributed by atoms with Gasteiger partial charge < -0.3 is 5.32 Å². The topological polar surface area (TPSA) is 12.0 Å². The molecule has 1 N–H and O–H groups in total. The van der Waals surface area contributed by atoms with E-state index in [4.69, 9.17) is 0 Å². The Morgan fingerprint density at radius 3 is 2.07 bits per heavy atom. The lowest BCUT2D eigenvalue weighted by Crippen LogP contribution is -1.95. The second-order valence-corrected chi connectivity index (χ2v) is 3.37. The Labute approximate surface area is 94.2 Å². The van der Waals surface area contributed by atoms with Gasteiger partial charge in [0.25, 0.3) is 0 Å². The van der Waals surface area contributed by atoms with Crippen LogP contribution in [0.15, 0.2) is 29.8 Å². The number of hydrogen-bond donors (Lipinski definition) is 1. The van der Waals surface area contributed by atoms with Gasteiger partial charge in [-0.2, -0.15) is 0 Å². The van der Waals surface area contributed by atoms with E-state index in [-0.39, 0.29) is 0 Å². The van der Waals surface area contributed by atoms with Crippen molar-refractivity contribution in [1.82, 2.24) is 0 Å². The molecule has 1 aromatic carbocycles. The van der Waals surface area contributed by atoms with Crippen LogP contribution < -0.4 is 5.32 Å². The molecule has 0 aliphatic carbocycles. The van der Waals surface area contributed by atoms with Gasteiger partial charge in [0, 0.05) is 12.2 Å². The SMILES string of the molecule is CC.CCNc1ccc(C=C(C)C)cc1. The van der Waals surface area contributed by atoms with Crippen LogP contribution in [-0.4, -0.2) is 6.54 Å². The van der Waals surface area contributed by atoms with E-state index in [0.717, 1.165) is 6.54 Å². The lowest BCUT2D eigenvalue weighted by atomic mass is 10.1. The Balaban J connectivity index is 0.000000921. The van der Waals surface area contributed by atoms with Crippen LogP contribution in [0.5, 0.6) is 0 Å². The molecule has 1 aromatic rings.